The highest BCUT2D eigenvalue weighted by molar-refractivity contribution is 5.25. The number of aromatic nitrogens is 1. The topological polar surface area (TPSA) is 68.5 Å². The van der Waals surface area contributed by atoms with Crippen LogP contribution in [-0.4, -0.2) is 46.8 Å². The van der Waals surface area contributed by atoms with Crippen LogP contribution in [0.1, 0.15) is 17.9 Å². The third kappa shape index (κ3) is 2.09. The number of hydrogen-bond acceptors (Lipinski definition) is 5. The molecule has 6 heteroatoms. The Labute approximate surface area is 105 Å². The first-order valence-electron chi connectivity index (χ1n) is 6.14. The molecule has 2 fully saturated rings. The second-order valence-electron chi connectivity index (χ2n) is 4.77. The molecule has 0 radical (unpaired) electrons. The van der Waals surface area contributed by atoms with Gasteiger partial charge in [0.15, 0.2) is 0 Å². The standard InChI is InChI=1S/C12H15N3O3/c16-15(17)12-8-18-5-4-14(12)11-6-10(11)9-2-1-3-13-7-9/h1-3,7,10-12H,4-6,8H2. The van der Waals surface area contributed by atoms with Gasteiger partial charge in [-0.1, -0.05) is 6.07 Å². The van der Waals surface area contributed by atoms with Crippen molar-refractivity contribution in [2.24, 2.45) is 0 Å². The summed E-state index contributed by atoms with van der Waals surface area (Å²) in [4.78, 5) is 16.8. The number of rotatable bonds is 3. The molecule has 0 bridgehead atoms. The molecule has 1 aliphatic heterocycles. The van der Waals surface area contributed by atoms with Crippen LogP contribution in [-0.2, 0) is 4.74 Å². The molecule has 0 aromatic carbocycles. The van der Waals surface area contributed by atoms with Crippen molar-refractivity contribution in [3.05, 3.63) is 40.2 Å². The molecule has 1 aliphatic carbocycles. The minimum atomic E-state index is -0.689. The van der Waals surface area contributed by atoms with Crippen LogP contribution in [0, 0.1) is 10.1 Å². The molecule has 1 aromatic rings. The predicted octanol–water partition coefficient (Wildman–Crippen LogP) is 0.872. The smallest absolute Gasteiger partial charge is 0.291 e. The average molecular weight is 249 g/mol. The SMILES string of the molecule is O=[N+]([O-])C1COCCN1C1CC1c1cccnc1. The largest absolute Gasteiger partial charge is 0.371 e. The summed E-state index contributed by atoms with van der Waals surface area (Å²) in [6.45, 7) is 1.43. The third-order valence-electron chi connectivity index (χ3n) is 3.68. The maximum atomic E-state index is 11.0. The number of pyridine rings is 1. The van der Waals surface area contributed by atoms with Gasteiger partial charge in [-0.25, -0.2) is 4.90 Å². The van der Waals surface area contributed by atoms with E-state index in [0.29, 0.717) is 19.1 Å². The fourth-order valence-electron chi connectivity index (χ4n) is 2.67. The molecule has 18 heavy (non-hydrogen) atoms. The van der Waals surface area contributed by atoms with E-state index in [2.05, 4.69) is 4.98 Å². The lowest BCUT2D eigenvalue weighted by atomic mass is 10.2. The summed E-state index contributed by atoms with van der Waals surface area (Å²) < 4.78 is 5.20. The Kier molecular flexibility index (Phi) is 2.97. The third-order valence-corrected chi connectivity index (χ3v) is 3.68. The molecule has 96 valence electrons. The van der Waals surface area contributed by atoms with Crippen LogP contribution in [0.25, 0.3) is 0 Å². The van der Waals surface area contributed by atoms with Gasteiger partial charge in [-0.2, -0.15) is 0 Å². The van der Waals surface area contributed by atoms with Crippen LogP contribution in [0.4, 0.5) is 0 Å². The molecule has 0 spiro atoms. The molecule has 0 amide bonds. The molecular formula is C12H15N3O3. The minimum Gasteiger partial charge on any atom is -0.371 e. The summed E-state index contributed by atoms with van der Waals surface area (Å²) in [5.41, 5.74) is 1.18. The number of nitrogens with zero attached hydrogens (tertiary/aromatic N) is 3. The van der Waals surface area contributed by atoms with E-state index in [0.717, 1.165) is 6.42 Å². The minimum absolute atomic E-state index is 0.198. The Morgan fingerprint density at radius 2 is 2.44 bits per heavy atom. The van der Waals surface area contributed by atoms with Gasteiger partial charge in [0, 0.05) is 35.8 Å². The van der Waals surface area contributed by atoms with Gasteiger partial charge >= 0.3 is 0 Å². The van der Waals surface area contributed by atoms with Crippen LogP contribution in [0.5, 0.6) is 0 Å². The van der Waals surface area contributed by atoms with E-state index >= 15 is 0 Å². The van der Waals surface area contributed by atoms with Crippen LogP contribution < -0.4 is 0 Å². The Morgan fingerprint density at radius 3 is 3.17 bits per heavy atom. The average Bonchev–Trinajstić information content (AvgIpc) is 3.20. The van der Waals surface area contributed by atoms with Crippen LogP contribution in [0.2, 0.25) is 0 Å². The fourth-order valence-corrected chi connectivity index (χ4v) is 2.67. The van der Waals surface area contributed by atoms with Crippen molar-refractivity contribution < 1.29 is 9.66 Å². The van der Waals surface area contributed by atoms with E-state index < -0.39 is 6.17 Å². The number of nitro groups is 1. The lowest BCUT2D eigenvalue weighted by Crippen LogP contribution is -2.51. The summed E-state index contributed by atoms with van der Waals surface area (Å²) >= 11 is 0. The van der Waals surface area contributed by atoms with E-state index in [1.165, 1.54) is 5.56 Å². The first-order chi connectivity index (χ1) is 8.77. The summed E-state index contributed by atoms with van der Waals surface area (Å²) in [6, 6.07) is 4.22. The lowest BCUT2D eigenvalue weighted by Gasteiger charge is -2.29. The zero-order valence-electron chi connectivity index (χ0n) is 9.94. The first-order valence-corrected chi connectivity index (χ1v) is 6.14. The van der Waals surface area contributed by atoms with E-state index in [1.807, 2.05) is 23.2 Å². The van der Waals surface area contributed by atoms with Crippen molar-refractivity contribution in [1.82, 2.24) is 9.88 Å². The predicted molar refractivity (Wildman–Crippen MR) is 63.7 cm³/mol. The molecule has 2 aliphatic rings. The molecule has 3 unspecified atom stereocenters. The van der Waals surface area contributed by atoms with Crippen molar-refractivity contribution in [1.29, 1.82) is 0 Å². The van der Waals surface area contributed by atoms with Gasteiger partial charge in [-0.05, 0) is 18.1 Å². The highest BCUT2D eigenvalue weighted by Crippen LogP contribution is 2.45. The Balaban J connectivity index is 1.71. The zero-order chi connectivity index (χ0) is 12.5. The second-order valence-corrected chi connectivity index (χ2v) is 4.77. The summed E-state index contributed by atoms with van der Waals surface area (Å²) in [5, 5.41) is 11.0. The fraction of sp³-hybridized carbons (Fsp3) is 0.583. The Bertz CT molecular complexity index is 439. The molecule has 0 N–H and O–H groups in total. The van der Waals surface area contributed by atoms with Crippen LogP contribution >= 0.6 is 0 Å². The van der Waals surface area contributed by atoms with E-state index in [1.54, 1.807) is 6.20 Å². The van der Waals surface area contributed by atoms with Gasteiger partial charge < -0.3 is 4.74 Å². The second kappa shape index (κ2) is 4.62. The van der Waals surface area contributed by atoms with Gasteiger partial charge in [0.05, 0.1) is 6.61 Å². The molecule has 3 rings (SSSR count). The Morgan fingerprint density at radius 1 is 1.56 bits per heavy atom. The van der Waals surface area contributed by atoms with Gasteiger partial charge in [-0.15, -0.1) is 0 Å². The number of morpholine rings is 1. The van der Waals surface area contributed by atoms with E-state index in [9.17, 15) is 10.1 Å². The molecule has 1 aromatic heterocycles. The van der Waals surface area contributed by atoms with Gasteiger partial charge in [0.25, 0.3) is 6.17 Å². The van der Waals surface area contributed by atoms with Crippen molar-refractivity contribution in [3.8, 4) is 0 Å². The lowest BCUT2D eigenvalue weighted by molar-refractivity contribution is -0.560. The number of ether oxygens (including phenoxy) is 1. The van der Waals surface area contributed by atoms with Crippen molar-refractivity contribution >= 4 is 0 Å². The highest BCUT2D eigenvalue weighted by Gasteiger charge is 2.49. The van der Waals surface area contributed by atoms with Crippen molar-refractivity contribution in [3.63, 3.8) is 0 Å². The van der Waals surface area contributed by atoms with Gasteiger partial charge in [0.2, 0.25) is 0 Å². The van der Waals surface area contributed by atoms with Crippen molar-refractivity contribution in [2.45, 2.75) is 24.5 Å². The van der Waals surface area contributed by atoms with Gasteiger partial charge in [0.1, 0.15) is 6.61 Å². The normalized spacial score (nSPS) is 32.1. The maximum absolute atomic E-state index is 11.0. The number of hydrogen-bond donors (Lipinski definition) is 0. The molecule has 1 saturated heterocycles. The molecule has 3 atom stereocenters. The van der Waals surface area contributed by atoms with Crippen molar-refractivity contribution in [2.75, 3.05) is 19.8 Å². The zero-order valence-corrected chi connectivity index (χ0v) is 9.94. The Hall–Kier alpha value is -1.53. The van der Waals surface area contributed by atoms with Gasteiger partial charge in [-0.3, -0.25) is 15.1 Å². The molecule has 1 saturated carbocycles. The molecule has 6 nitrogen and oxygen atoms in total. The monoisotopic (exact) mass is 249 g/mol. The summed E-state index contributed by atoms with van der Waals surface area (Å²) in [6.07, 6.45) is 3.89. The highest BCUT2D eigenvalue weighted by atomic mass is 16.6. The van der Waals surface area contributed by atoms with E-state index in [-0.39, 0.29) is 17.6 Å². The maximum Gasteiger partial charge on any atom is 0.291 e. The quantitative estimate of drug-likeness (QED) is 0.587. The van der Waals surface area contributed by atoms with Crippen LogP contribution in [0.15, 0.2) is 24.5 Å². The summed E-state index contributed by atoms with van der Waals surface area (Å²) in [5.74, 6) is 0.388. The molecule has 2 heterocycles. The molecular weight excluding hydrogens is 234 g/mol. The summed E-state index contributed by atoms with van der Waals surface area (Å²) in [7, 11) is 0. The van der Waals surface area contributed by atoms with E-state index in [4.69, 9.17) is 4.74 Å². The van der Waals surface area contributed by atoms with Crippen LogP contribution in [0.3, 0.4) is 0 Å². The first kappa shape index (κ1) is 11.6.